The number of nitrogens with one attached hydrogen (secondary N) is 2. The first-order chi connectivity index (χ1) is 7.04. The Balaban J connectivity index is 2.61. The van der Waals surface area contributed by atoms with Gasteiger partial charge in [-0.25, -0.2) is 0 Å². The summed E-state index contributed by atoms with van der Waals surface area (Å²) >= 11 is 11.4. The molecule has 0 saturated carbocycles. The Hall–Kier alpha value is -0.710. The number of aromatic amines is 1. The van der Waals surface area contributed by atoms with Crippen LogP contribution in [0.3, 0.4) is 0 Å². The molecule has 1 unspecified atom stereocenters. The van der Waals surface area contributed by atoms with E-state index in [4.69, 9.17) is 28.3 Å². The smallest absolute Gasteiger partial charge is 0.267 e. The number of H-pyrrole nitrogens is 1. The molecule has 1 aromatic heterocycles. The van der Waals surface area contributed by atoms with Gasteiger partial charge in [-0.2, -0.15) is 0 Å². The number of carbonyl (C=O) groups is 1. The lowest BCUT2D eigenvalue weighted by molar-refractivity contribution is 0.0930. The van der Waals surface area contributed by atoms with Crippen LogP contribution >= 0.6 is 23.2 Å². The first kappa shape index (κ1) is 12.4. The van der Waals surface area contributed by atoms with Crippen molar-refractivity contribution in [1.29, 1.82) is 0 Å². The standard InChI is InChI=1S/C9H12Cl2N2O2/c1-5(2-3-14)12-9(15)7-4-6(10)8(11)13-7/h4-5,13-14H,2-3H2,1H3,(H,12,15). The molecule has 4 nitrogen and oxygen atoms in total. The Bertz CT molecular complexity index is 332. The molecule has 1 aromatic rings. The van der Waals surface area contributed by atoms with Crippen LogP contribution in [0.2, 0.25) is 10.2 Å². The maximum absolute atomic E-state index is 11.6. The third-order valence-electron chi connectivity index (χ3n) is 1.91. The van der Waals surface area contributed by atoms with E-state index in [1.54, 1.807) is 6.92 Å². The molecule has 0 saturated heterocycles. The van der Waals surface area contributed by atoms with Gasteiger partial charge in [0.25, 0.3) is 5.91 Å². The average Bonchev–Trinajstić information content (AvgIpc) is 2.47. The van der Waals surface area contributed by atoms with E-state index in [1.807, 2.05) is 0 Å². The van der Waals surface area contributed by atoms with E-state index in [2.05, 4.69) is 10.3 Å². The van der Waals surface area contributed by atoms with Gasteiger partial charge in [-0.05, 0) is 19.4 Å². The molecule has 15 heavy (non-hydrogen) atoms. The Labute approximate surface area is 97.6 Å². The van der Waals surface area contributed by atoms with E-state index in [0.717, 1.165) is 0 Å². The molecule has 84 valence electrons. The first-order valence-corrected chi connectivity index (χ1v) is 5.26. The number of carbonyl (C=O) groups excluding carboxylic acids is 1. The Morgan fingerprint density at radius 2 is 2.33 bits per heavy atom. The SMILES string of the molecule is CC(CCO)NC(=O)c1cc(Cl)c(Cl)[nH]1. The average molecular weight is 251 g/mol. The van der Waals surface area contributed by atoms with Gasteiger partial charge in [-0.3, -0.25) is 4.79 Å². The summed E-state index contributed by atoms with van der Waals surface area (Å²) in [7, 11) is 0. The zero-order valence-electron chi connectivity index (χ0n) is 8.18. The highest BCUT2D eigenvalue weighted by Gasteiger charge is 2.13. The van der Waals surface area contributed by atoms with Gasteiger partial charge < -0.3 is 15.4 Å². The summed E-state index contributed by atoms with van der Waals surface area (Å²) in [4.78, 5) is 14.2. The van der Waals surface area contributed by atoms with Gasteiger partial charge in [0, 0.05) is 12.6 Å². The van der Waals surface area contributed by atoms with Crippen molar-refractivity contribution in [1.82, 2.24) is 10.3 Å². The van der Waals surface area contributed by atoms with Gasteiger partial charge in [-0.15, -0.1) is 0 Å². The fourth-order valence-electron chi connectivity index (χ4n) is 1.09. The number of aliphatic hydroxyl groups excluding tert-OH is 1. The van der Waals surface area contributed by atoms with E-state index in [9.17, 15) is 4.79 Å². The van der Waals surface area contributed by atoms with Crippen molar-refractivity contribution in [2.75, 3.05) is 6.61 Å². The predicted molar refractivity (Wildman–Crippen MR) is 59.4 cm³/mol. The molecule has 0 aliphatic rings. The van der Waals surface area contributed by atoms with E-state index in [-0.39, 0.29) is 23.7 Å². The Morgan fingerprint density at radius 1 is 1.67 bits per heavy atom. The minimum atomic E-state index is -0.287. The number of amides is 1. The third-order valence-corrected chi connectivity index (χ3v) is 2.60. The van der Waals surface area contributed by atoms with Crippen LogP contribution in [0.5, 0.6) is 0 Å². The lowest BCUT2D eigenvalue weighted by atomic mass is 10.2. The van der Waals surface area contributed by atoms with Crippen LogP contribution in [0.1, 0.15) is 23.8 Å². The number of aliphatic hydroxyl groups is 1. The van der Waals surface area contributed by atoms with Crippen molar-refractivity contribution >= 4 is 29.1 Å². The zero-order valence-corrected chi connectivity index (χ0v) is 9.69. The summed E-state index contributed by atoms with van der Waals surface area (Å²) < 4.78 is 0. The monoisotopic (exact) mass is 250 g/mol. The topological polar surface area (TPSA) is 65.1 Å². The van der Waals surface area contributed by atoms with Crippen LogP contribution in [0.15, 0.2) is 6.07 Å². The third kappa shape index (κ3) is 3.41. The summed E-state index contributed by atoms with van der Waals surface area (Å²) in [5, 5.41) is 11.9. The molecule has 3 N–H and O–H groups in total. The summed E-state index contributed by atoms with van der Waals surface area (Å²) in [6, 6.07) is 1.37. The minimum Gasteiger partial charge on any atom is -0.396 e. The number of aromatic nitrogens is 1. The Morgan fingerprint density at radius 3 is 2.80 bits per heavy atom. The second-order valence-corrected chi connectivity index (χ2v) is 4.02. The molecular weight excluding hydrogens is 239 g/mol. The summed E-state index contributed by atoms with van der Waals surface area (Å²) in [6.45, 7) is 1.84. The maximum Gasteiger partial charge on any atom is 0.267 e. The van der Waals surface area contributed by atoms with Crippen molar-refractivity contribution in [3.8, 4) is 0 Å². The highest BCUT2D eigenvalue weighted by atomic mass is 35.5. The Kier molecular flexibility index (Phi) is 4.45. The molecule has 0 spiro atoms. The molecule has 1 heterocycles. The molecular formula is C9H12Cl2N2O2. The molecule has 0 bridgehead atoms. The van der Waals surface area contributed by atoms with E-state index < -0.39 is 0 Å². The quantitative estimate of drug-likeness (QED) is 0.764. The molecule has 1 atom stereocenters. The van der Waals surface area contributed by atoms with Gasteiger partial charge in [0.15, 0.2) is 0 Å². The number of hydrogen-bond donors (Lipinski definition) is 3. The lowest BCUT2D eigenvalue weighted by Gasteiger charge is -2.10. The fraction of sp³-hybridized carbons (Fsp3) is 0.444. The molecule has 0 radical (unpaired) electrons. The summed E-state index contributed by atoms with van der Waals surface area (Å²) in [5.74, 6) is -0.287. The second-order valence-electron chi connectivity index (χ2n) is 3.23. The second kappa shape index (κ2) is 5.39. The van der Waals surface area contributed by atoms with Crippen LogP contribution in [-0.2, 0) is 0 Å². The van der Waals surface area contributed by atoms with Crippen LogP contribution in [0.4, 0.5) is 0 Å². The largest absolute Gasteiger partial charge is 0.396 e. The van der Waals surface area contributed by atoms with Gasteiger partial charge in [0.1, 0.15) is 10.8 Å². The fourth-order valence-corrected chi connectivity index (χ4v) is 1.41. The molecule has 0 fully saturated rings. The van der Waals surface area contributed by atoms with Gasteiger partial charge in [0.2, 0.25) is 0 Å². The van der Waals surface area contributed by atoms with E-state index >= 15 is 0 Å². The van der Waals surface area contributed by atoms with Crippen molar-refractivity contribution in [3.05, 3.63) is 21.9 Å². The van der Waals surface area contributed by atoms with Gasteiger partial charge in [-0.1, -0.05) is 23.2 Å². The molecule has 1 rings (SSSR count). The van der Waals surface area contributed by atoms with Crippen molar-refractivity contribution in [3.63, 3.8) is 0 Å². The predicted octanol–water partition coefficient (Wildman–Crippen LogP) is 1.82. The van der Waals surface area contributed by atoms with E-state index in [0.29, 0.717) is 17.1 Å². The van der Waals surface area contributed by atoms with Crippen LogP contribution < -0.4 is 5.32 Å². The molecule has 0 aliphatic carbocycles. The molecule has 1 amide bonds. The normalized spacial score (nSPS) is 12.5. The van der Waals surface area contributed by atoms with Crippen molar-refractivity contribution in [2.24, 2.45) is 0 Å². The highest BCUT2D eigenvalue weighted by molar-refractivity contribution is 6.41. The number of halogens is 2. The zero-order chi connectivity index (χ0) is 11.4. The van der Waals surface area contributed by atoms with E-state index in [1.165, 1.54) is 6.07 Å². The van der Waals surface area contributed by atoms with Crippen molar-refractivity contribution < 1.29 is 9.90 Å². The van der Waals surface area contributed by atoms with Crippen LogP contribution in [0.25, 0.3) is 0 Å². The molecule has 0 aliphatic heterocycles. The number of rotatable bonds is 4. The lowest BCUT2D eigenvalue weighted by Crippen LogP contribution is -2.33. The highest BCUT2D eigenvalue weighted by Crippen LogP contribution is 2.21. The van der Waals surface area contributed by atoms with Gasteiger partial charge in [0.05, 0.1) is 5.02 Å². The first-order valence-electron chi connectivity index (χ1n) is 4.50. The van der Waals surface area contributed by atoms with Crippen LogP contribution in [-0.4, -0.2) is 28.6 Å². The minimum absolute atomic E-state index is 0.0354. The summed E-state index contributed by atoms with van der Waals surface area (Å²) in [6.07, 6.45) is 0.508. The molecule has 6 heteroatoms. The molecule has 0 aromatic carbocycles. The number of hydrogen-bond acceptors (Lipinski definition) is 2. The van der Waals surface area contributed by atoms with Crippen molar-refractivity contribution in [2.45, 2.75) is 19.4 Å². The maximum atomic E-state index is 11.6. The van der Waals surface area contributed by atoms with Gasteiger partial charge >= 0.3 is 0 Å². The van der Waals surface area contributed by atoms with Crippen LogP contribution in [0, 0.1) is 0 Å². The summed E-state index contributed by atoms with van der Waals surface area (Å²) in [5.41, 5.74) is 0.315.